The van der Waals surface area contributed by atoms with E-state index in [1.807, 2.05) is 0 Å². The molecule has 1 aromatic carbocycles. The van der Waals surface area contributed by atoms with Crippen LogP contribution in [0.25, 0.3) is 0 Å². The molecule has 0 saturated heterocycles. The van der Waals surface area contributed by atoms with Crippen LogP contribution in [0, 0.1) is 5.82 Å². The van der Waals surface area contributed by atoms with E-state index in [-0.39, 0.29) is 23.6 Å². The van der Waals surface area contributed by atoms with Gasteiger partial charge in [-0.25, -0.2) is 9.18 Å². The van der Waals surface area contributed by atoms with E-state index >= 15 is 0 Å². The molecule has 1 aromatic rings. The Bertz CT molecular complexity index is 379. The zero-order valence-corrected chi connectivity index (χ0v) is 8.54. The summed E-state index contributed by atoms with van der Waals surface area (Å²) in [6.45, 7) is 1.86. The van der Waals surface area contributed by atoms with Crippen LogP contribution in [-0.4, -0.2) is 19.7 Å². The third-order valence-electron chi connectivity index (χ3n) is 1.82. The van der Waals surface area contributed by atoms with Crippen LogP contribution in [0.15, 0.2) is 12.1 Å². The number of anilines is 1. The van der Waals surface area contributed by atoms with E-state index in [1.54, 1.807) is 6.92 Å². The minimum atomic E-state index is -0.659. The molecular formula is C10H12FNO3. The van der Waals surface area contributed by atoms with Gasteiger partial charge in [0.1, 0.15) is 11.6 Å². The summed E-state index contributed by atoms with van der Waals surface area (Å²) in [6.07, 6.45) is 0. The zero-order valence-electron chi connectivity index (χ0n) is 8.54. The molecule has 0 fully saturated rings. The molecule has 0 aliphatic rings. The summed E-state index contributed by atoms with van der Waals surface area (Å²) in [5.74, 6) is -1.13. The van der Waals surface area contributed by atoms with Gasteiger partial charge in [-0.05, 0) is 13.0 Å². The Morgan fingerprint density at radius 3 is 2.73 bits per heavy atom. The monoisotopic (exact) mass is 213 g/mol. The minimum absolute atomic E-state index is 0.0197. The first-order valence-electron chi connectivity index (χ1n) is 4.40. The van der Waals surface area contributed by atoms with E-state index < -0.39 is 11.8 Å². The lowest BCUT2D eigenvalue weighted by molar-refractivity contribution is 0.0526. The Kier molecular flexibility index (Phi) is 3.49. The van der Waals surface area contributed by atoms with Crippen molar-refractivity contribution in [3.63, 3.8) is 0 Å². The molecule has 5 heteroatoms. The van der Waals surface area contributed by atoms with Gasteiger partial charge in [-0.2, -0.15) is 0 Å². The number of methoxy groups -OCH3 is 1. The molecule has 1 rings (SSSR count). The van der Waals surface area contributed by atoms with Crippen LogP contribution in [0.1, 0.15) is 17.3 Å². The van der Waals surface area contributed by atoms with Gasteiger partial charge in [-0.1, -0.05) is 0 Å². The fourth-order valence-corrected chi connectivity index (χ4v) is 1.14. The first kappa shape index (κ1) is 11.3. The topological polar surface area (TPSA) is 61.5 Å². The van der Waals surface area contributed by atoms with Crippen LogP contribution in [0.3, 0.4) is 0 Å². The maximum atomic E-state index is 13.1. The van der Waals surface area contributed by atoms with E-state index in [0.717, 1.165) is 12.1 Å². The Morgan fingerprint density at radius 2 is 2.20 bits per heavy atom. The van der Waals surface area contributed by atoms with Crippen LogP contribution in [0.2, 0.25) is 0 Å². The summed E-state index contributed by atoms with van der Waals surface area (Å²) in [5, 5.41) is 0. The molecular weight excluding hydrogens is 201 g/mol. The molecule has 0 radical (unpaired) electrons. The smallest absolute Gasteiger partial charge is 0.340 e. The number of nitrogen functional groups attached to an aromatic ring is 1. The highest BCUT2D eigenvalue weighted by molar-refractivity contribution is 5.96. The van der Waals surface area contributed by atoms with Gasteiger partial charge in [-0.3, -0.25) is 0 Å². The summed E-state index contributed by atoms with van der Waals surface area (Å²) in [5.41, 5.74) is 5.66. The lowest BCUT2D eigenvalue weighted by atomic mass is 10.1. The van der Waals surface area contributed by atoms with E-state index in [1.165, 1.54) is 7.11 Å². The number of carbonyl (C=O) groups is 1. The Hall–Kier alpha value is -1.78. The highest BCUT2D eigenvalue weighted by atomic mass is 19.1. The summed E-state index contributed by atoms with van der Waals surface area (Å²) in [6, 6.07) is 2.13. The van der Waals surface area contributed by atoms with Crippen LogP contribution < -0.4 is 10.5 Å². The second kappa shape index (κ2) is 4.63. The van der Waals surface area contributed by atoms with Crippen molar-refractivity contribution < 1.29 is 18.7 Å². The number of ether oxygens (including phenoxy) is 2. The van der Waals surface area contributed by atoms with Gasteiger partial charge in [0.2, 0.25) is 0 Å². The molecule has 15 heavy (non-hydrogen) atoms. The predicted octanol–water partition coefficient (Wildman–Crippen LogP) is 1.59. The standard InChI is InChI=1S/C10H12FNO3/c1-3-15-10(13)7-4-6(11)5-8(14-2)9(7)12/h4-5H,3,12H2,1-2H3. The molecule has 2 N–H and O–H groups in total. The van der Waals surface area contributed by atoms with Crippen molar-refractivity contribution in [2.45, 2.75) is 6.92 Å². The fourth-order valence-electron chi connectivity index (χ4n) is 1.14. The lowest BCUT2D eigenvalue weighted by Crippen LogP contribution is -2.09. The Morgan fingerprint density at radius 1 is 1.53 bits per heavy atom. The maximum absolute atomic E-state index is 13.1. The molecule has 0 aliphatic carbocycles. The van der Waals surface area contributed by atoms with Crippen LogP contribution in [0.4, 0.5) is 10.1 Å². The highest BCUT2D eigenvalue weighted by Gasteiger charge is 2.16. The number of hydrogen-bond acceptors (Lipinski definition) is 4. The van der Waals surface area contributed by atoms with E-state index in [4.69, 9.17) is 15.2 Å². The van der Waals surface area contributed by atoms with Crippen molar-refractivity contribution in [3.05, 3.63) is 23.5 Å². The third kappa shape index (κ3) is 2.37. The third-order valence-corrected chi connectivity index (χ3v) is 1.82. The Labute approximate surface area is 86.8 Å². The maximum Gasteiger partial charge on any atom is 0.340 e. The van der Waals surface area contributed by atoms with Gasteiger partial charge in [0.25, 0.3) is 0 Å². The number of rotatable bonds is 3. The van der Waals surface area contributed by atoms with Crippen molar-refractivity contribution in [1.29, 1.82) is 0 Å². The summed E-state index contributed by atoms with van der Waals surface area (Å²) in [7, 11) is 1.35. The molecule has 0 saturated carbocycles. The van der Waals surface area contributed by atoms with Gasteiger partial charge in [0.15, 0.2) is 0 Å². The SMILES string of the molecule is CCOC(=O)c1cc(F)cc(OC)c1N. The van der Waals surface area contributed by atoms with Gasteiger partial charge in [0, 0.05) is 6.07 Å². The molecule has 0 unspecified atom stereocenters. The van der Waals surface area contributed by atoms with Gasteiger partial charge in [0.05, 0.1) is 25.0 Å². The molecule has 0 amide bonds. The molecule has 0 bridgehead atoms. The van der Waals surface area contributed by atoms with Crippen molar-refractivity contribution in [1.82, 2.24) is 0 Å². The average Bonchev–Trinajstić information content (AvgIpc) is 2.21. The quantitative estimate of drug-likeness (QED) is 0.611. The number of carbonyl (C=O) groups excluding carboxylic acids is 1. The molecule has 0 aromatic heterocycles. The first-order valence-corrected chi connectivity index (χ1v) is 4.40. The van der Waals surface area contributed by atoms with Gasteiger partial charge in [-0.15, -0.1) is 0 Å². The Balaban J connectivity index is 3.17. The van der Waals surface area contributed by atoms with Crippen LogP contribution >= 0.6 is 0 Å². The van der Waals surface area contributed by atoms with E-state index in [9.17, 15) is 9.18 Å². The molecule has 0 aliphatic heterocycles. The average molecular weight is 213 g/mol. The molecule has 0 spiro atoms. The second-order valence-corrected chi connectivity index (χ2v) is 2.79. The normalized spacial score (nSPS) is 9.80. The summed E-state index contributed by atoms with van der Waals surface area (Å²) in [4.78, 5) is 11.4. The van der Waals surface area contributed by atoms with Crippen LogP contribution in [0.5, 0.6) is 5.75 Å². The minimum Gasteiger partial charge on any atom is -0.494 e. The number of hydrogen-bond donors (Lipinski definition) is 1. The largest absolute Gasteiger partial charge is 0.494 e. The number of halogens is 1. The lowest BCUT2D eigenvalue weighted by Gasteiger charge is -2.09. The zero-order chi connectivity index (χ0) is 11.4. The van der Waals surface area contributed by atoms with E-state index in [0.29, 0.717) is 0 Å². The number of benzene rings is 1. The summed E-state index contributed by atoms with van der Waals surface area (Å²) < 4.78 is 22.6. The van der Waals surface area contributed by atoms with E-state index in [2.05, 4.69) is 0 Å². The molecule has 0 heterocycles. The molecule has 4 nitrogen and oxygen atoms in total. The first-order chi connectivity index (χ1) is 7.10. The van der Waals surface area contributed by atoms with Crippen molar-refractivity contribution in [2.24, 2.45) is 0 Å². The van der Waals surface area contributed by atoms with Crippen molar-refractivity contribution in [2.75, 3.05) is 19.5 Å². The molecule has 0 atom stereocenters. The fraction of sp³-hybridized carbons (Fsp3) is 0.300. The van der Waals surface area contributed by atoms with Gasteiger partial charge >= 0.3 is 5.97 Å². The molecule has 82 valence electrons. The highest BCUT2D eigenvalue weighted by Crippen LogP contribution is 2.27. The van der Waals surface area contributed by atoms with Crippen LogP contribution in [-0.2, 0) is 4.74 Å². The van der Waals surface area contributed by atoms with Crippen molar-refractivity contribution in [3.8, 4) is 5.75 Å². The summed E-state index contributed by atoms with van der Waals surface area (Å²) >= 11 is 0. The van der Waals surface area contributed by atoms with Gasteiger partial charge < -0.3 is 15.2 Å². The number of nitrogens with two attached hydrogens (primary N) is 1. The number of esters is 1. The van der Waals surface area contributed by atoms with Crippen molar-refractivity contribution >= 4 is 11.7 Å². The second-order valence-electron chi connectivity index (χ2n) is 2.79. The predicted molar refractivity (Wildman–Crippen MR) is 53.3 cm³/mol.